The van der Waals surface area contributed by atoms with Gasteiger partial charge in [0.1, 0.15) is 0 Å². The Bertz CT molecular complexity index is 540. The summed E-state index contributed by atoms with van der Waals surface area (Å²) < 4.78 is 7.76. The minimum atomic E-state index is 0.489. The minimum Gasteiger partial charge on any atom is -0.380 e. The van der Waals surface area contributed by atoms with Crippen LogP contribution in [0.2, 0.25) is 0 Å². The molecule has 1 aliphatic heterocycles. The molecule has 0 radical (unpaired) electrons. The van der Waals surface area contributed by atoms with Gasteiger partial charge in [0.2, 0.25) is 0 Å². The van der Waals surface area contributed by atoms with Gasteiger partial charge in [-0.2, -0.15) is 0 Å². The van der Waals surface area contributed by atoms with Crippen LogP contribution in [0.15, 0.2) is 5.38 Å². The summed E-state index contributed by atoms with van der Waals surface area (Å²) in [4.78, 5) is 5.71. The van der Waals surface area contributed by atoms with Crippen molar-refractivity contribution in [1.82, 2.24) is 14.7 Å². The molecule has 1 fully saturated rings. The fourth-order valence-corrected chi connectivity index (χ4v) is 3.45. The van der Waals surface area contributed by atoms with E-state index in [1.54, 1.807) is 11.3 Å². The quantitative estimate of drug-likeness (QED) is 0.925. The Morgan fingerprint density at radius 1 is 1.56 bits per heavy atom. The maximum atomic E-state index is 5.50. The molecule has 1 N–H and O–H groups in total. The first-order chi connectivity index (χ1) is 8.75. The molecule has 0 aromatic carbocycles. The van der Waals surface area contributed by atoms with Gasteiger partial charge in [-0.05, 0) is 26.7 Å². The Kier molecular flexibility index (Phi) is 3.37. The van der Waals surface area contributed by atoms with Crippen LogP contribution in [0.1, 0.15) is 29.9 Å². The van der Waals surface area contributed by atoms with Gasteiger partial charge in [-0.1, -0.05) is 0 Å². The Morgan fingerprint density at radius 3 is 3.22 bits per heavy atom. The van der Waals surface area contributed by atoms with Crippen molar-refractivity contribution in [2.75, 3.05) is 13.2 Å². The number of rotatable bonds is 3. The summed E-state index contributed by atoms with van der Waals surface area (Å²) in [5.41, 5.74) is 3.69. The van der Waals surface area contributed by atoms with Crippen LogP contribution >= 0.6 is 11.3 Å². The number of imidazole rings is 1. The molecule has 3 rings (SSSR count). The molecular formula is C13H19N3OS. The molecule has 0 amide bonds. The molecule has 98 valence electrons. The molecule has 1 saturated heterocycles. The van der Waals surface area contributed by atoms with Gasteiger partial charge in [0, 0.05) is 30.3 Å². The number of nitrogens with one attached hydrogen (secondary N) is 1. The monoisotopic (exact) mass is 265 g/mol. The van der Waals surface area contributed by atoms with E-state index < -0.39 is 0 Å². The van der Waals surface area contributed by atoms with Gasteiger partial charge in [-0.3, -0.25) is 4.40 Å². The average molecular weight is 265 g/mol. The zero-order valence-electron chi connectivity index (χ0n) is 10.9. The van der Waals surface area contributed by atoms with E-state index >= 15 is 0 Å². The third kappa shape index (κ3) is 2.18. The van der Waals surface area contributed by atoms with Crippen molar-refractivity contribution >= 4 is 16.3 Å². The molecule has 1 unspecified atom stereocenters. The molecule has 3 heterocycles. The number of ether oxygens (including phenoxy) is 1. The average Bonchev–Trinajstić information content (AvgIpc) is 2.88. The zero-order valence-corrected chi connectivity index (χ0v) is 11.7. The molecule has 0 aliphatic carbocycles. The summed E-state index contributed by atoms with van der Waals surface area (Å²) in [6.45, 7) is 6.85. The van der Waals surface area contributed by atoms with E-state index in [1.165, 1.54) is 17.8 Å². The fraction of sp³-hybridized carbons (Fsp3) is 0.615. The third-order valence-corrected chi connectivity index (χ3v) is 4.49. The van der Waals surface area contributed by atoms with Crippen molar-refractivity contribution < 1.29 is 4.74 Å². The lowest BCUT2D eigenvalue weighted by atomic mass is 10.1. The molecular weight excluding hydrogens is 246 g/mol. The van der Waals surface area contributed by atoms with E-state index in [0.717, 1.165) is 36.8 Å². The number of fused-ring (bicyclic) bond motifs is 1. The van der Waals surface area contributed by atoms with Crippen molar-refractivity contribution in [1.29, 1.82) is 0 Å². The predicted octanol–water partition coefficient (Wildman–Crippen LogP) is 2.28. The van der Waals surface area contributed by atoms with E-state index in [9.17, 15) is 0 Å². The number of hydrogen-bond donors (Lipinski definition) is 1. The smallest absolute Gasteiger partial charge is 0.194 e. The van der Waals surface area contributed by atoms with Crippen molar-refractivity contribution in [2.24, 2.45) is 0 Å². The maximum Gasteiger partial charge on any atom is 0.194 e. The molecule has 0 saturated carbocycles. The normalized spacial score (nSPS) is 20.7. The minimum absolute atomic E-state index is 0.489. The second kappa shape index (κ2) is 4.99. The van der Waals surface area contributed by atoms with Gasteiger partial charge in [-0.15, -0.1) is 11.3 Å². The molecule has 4 nitrogen and oxygen atoms in total. The Labute approximate surface area is 111 Å². The highest BCUT2D eigenvalue weighted by molar-refractivity contribution is 7.15. The summed E-state index contributed by atoms with van der Waals surface area (Å²) in [6.07, 6.45) is 2.37. The maximum absolute atomic E-state index is 5.50. The lowest BCUT2D eigenvalue weighted by molar-refractivity contribution is 0.0698. The van der Waals surface area contributed by atoms with E-state index in [1.807, 2.05) is 0 Å². The van der Waals surface area contributed by atoms with E-state index in [0.29, 0.717) is 6.04 Å². The van der Waals surface area contributed by atoms with Crippen molar-refractivity contribution in [3.63, 3.8) is 0 Å². The Morgan fingerprint density at radius 2 is 2.44 bits per heavy atom. The summed E-state index contributed by atoms with van der Waals surface area (Å²) in [6, 6.07) is 0.489. The van der Waals surface area contributed by atoms with Gasteiger partial charge >= 0.3 is 0 Å². The summed E-state index contributed by atoms with van der Waals surface area (Å²) in [5.74, 6) is 0. The molecule has 18 heavy (non-hydrogen) atoms. The lowest BCUT2D eigenvalue weighted by Gasteiger charge is -2.23. The molecule has 2 aromatic rings. The highest BCUT2D eigenvalue weighted by Gasteiger charge is 2.16. The second-order valence-corrected chi connectivity index (χ2v) is 5.77. The first kappa shape index (κ1) is 12.1. The van der Waals surface area contributed by atoms with Crippen molar-refractivity contribution in [2.45, 2.75) is 39.3 Å². The number of thiazole rings is 1. The largest absolute Gasteiger partial charge is 0.380 e. The molecule has 1 aliphatic rings. The fourth-order valence-electron chi connectivity index (χ4n) is 2.52. The van der Waals surface area contributed by atoms with E-state index in [-0.39, 0.29) is 0 Å². The second-order valence-electron chi connectivity index (χ2n) is 4.93. The third-order valence-electron chi connectivity index (χ3n) is 3.55. The molecule has 0 bridgehead atoms. The van der Waals surface area contributed by atoms with Crippen LogP contribution in [0.5, 0.6) is 0 Å². The van der Waals surface area contributed by atoms with E-state index in [4.69, 9.17) is 4.74 Å². The Balaban J connectivity index is 1.77. The number of aromatic nitrogens is 2. The number of aryl methyl sites for hydroxylation is 2. The van der Waals surface area contributed by atoms with Gasteiger partial charge < -0.3 is 10.1 Å². The van der Waals surface area contributed by atoms with Gasteiger partial charge in [0.05, 0.1) is 18.0 Å². The van der Waals surface area contributed by atoms with Gasteiger partial charge in [0.25, 0.3) is 0 Å². The standard InChI is InChI=1S/C13H19N3OS/c1-9-8-18-13-15-10(2)12(16(9)13)6-14-11-4-3-5-17-7-11/h8,11,14H,3-7H2,1-2H3. The number of hydrogen-bond acceptors (Lipinski definition) is 4. The summed E-state index contributed by atoms with van der Waals surface area (Å²) in [7, 11) is 0. The van der Waals surface area contributed by atoms with Crippen LogP contribution in [0.4, 0.5) is 0 Å². The zero-order chi connectivity index (χ0) is 12.5. The first-order valence-electron chi connectivity index (χ1n) is 6.49. The highest BCUT2D eigenvalue weighted by atomic mass is 32.1. The van der Waals surface area contributed by atoms with Crippen LogP contribution in [0.3, 0.4) is 0 Å². The summed E-state index contributed by atoms with van der Waals surface area (Å²) >= 11 is 1.71. The van der Waals surface area contributed by atoms with Crippen LogP contribution < -0.4 is 5.32 Å². The Hall–Kier alpha value is -0.910. The van der Waals surface area contributed by atoms with Crippen molar-refractivity contribution in [3.05, 3.63) is 22.5 Å². The highest BCUT2D eigenvalue weighted by Crippen LogP contribution is 2.20. The van der Waals surface area contributed by atoms with Gasteiger partial charge in [0.15, 0.2) is 4.96 Å². The molecule has 0 spiro atoms. The van der Waals surface area contributed by atoms with E-state index in [2.05, 4.69) is 33.9 Å². The molecule has 2 aromatic heterocycles. The van der Waals surface area contributed by atoms with Crippen LogP contribution in [0, 0.1) is 13.8 Å². The first-order valence-corrected chi connectivity index (χ1v) is 7.37. The molecule has 5 heteroatoms. The predicted molar refractivity (Wildman–Crippen MR) is 73.2 cm³/mol. The lowest BCUT2D eigenvalue weighted by Crippen LogP contribution is -2.36. The topological polar surface area (TPSA) is 38.6 Å². The van der Waals surface area contributed by atoms with Crippen LogP contribution in [-0.2, 0) is 11.3 Å². The van der Waals surface area contributed by atoms with Crippen LogP contribution in [-0.4, -0.2) is 28.6 Å². The van der Waals surface area contributed by atoms with Crippen molar-refractivity contribution in [3.8, 4) is 0 Å². The summed E-state index contributed by atoms with van der Waals surface area (Å²) in [5, 5.41) is 5.75. The van der Waals surface area contributed by atoms with Gasteiger partial charge in [-0.25, -0.2) is 4.98 Å². The van der Waals surface area contributed by atoms with Crippen LogP contribution in [0.25, 0.3) is 4.96 Å². The molecule has 1 atom stereocenters. The number of nitrogens with zero attached hydrogens (tertiary/aromatic N) is 2. The SMILES string of the molecule is Cc1nc2scc(C)n2c1CNC1CCCOC1.